The second-order valence-corrected chi connectivity index (χ2v) is 5.27. The number of rotatable bonds is 3. The van der Waals surface area contributed by atoms with Gasteiger partial charge in [-0.3, -0.25) is 4.79 Å². The highest BCUT2D eigenvalue weighted by molar-refractivity contribution is 5.98. The SMILES string of the molecule is CCC1(O)CN(C(=O)c2occc2-c2ccccc2)C1. The third-order valence-corrected chi connectivity index (χ3v) is 3.86. The molecular formula is C16H17NO3. The van der Waals surface area contributed by atoms with E-state index in [1.807, 2.05) is 37.3 Å². The van der Waals surface area contributed by atoms with Crippen molar-refractivity contribution in [2.75, 3.05) is 13.1 Å². The molecule has 1 saturated heterocycles. The van der Waals surface area contributed by atoms with Gasteiger partial charge in [0, 0.05) is 5.56 Å². The molecule has 0 radical (unpaired) electrons. The van der Waals surface area contributed by atoms with E-state index < -0.39 is 5.60 Å². The Morgan fingerprint density at radius 1 is 1.30 bits per heavy atom. The monoisotopic (exact) mass is 271 g/mol. The maximum atomic E-state index is 12.4. The lowest BCUT2D eigenvalue weighted by Gasteiger charge is -2.45. The molecule has 4 nitrogen and oxygen atoms in total. The maximum absolute atomic E-state index is 12.4. The van der Waals surface area contributed by atoms with Gasteiger partial charge in [0.2, 0.25) is 0 Å². The number of amides is 1. The van der Waals surface area contributed by atoms with Crippen LogP contribution in [0.15, 0.2) is 47.1 Å². The second-order valence-electron chi connectivity index (χ2n) is 5.27. The molecule has 0 bridgehead atoms. The Morgan fingerprint density at radius 3 is 2.65 bits per heavy atom. The van der Waals surface area contributed by atoms with Gasteiger partial charge in [0.05, 0.1) is 25.0 Å². The van der Waals surface area contributed by atoms with Crippen molar-refractivity contribution >= 4 is 5.91 Å². The van der Waals surface area contributed by atoms with Gasteiger partial charge >= 0.3 is 0 Å². The van der Waals surface area contributed by atoms with E-state index in [9.17, 15) is 9.90 Å². The minimum atomic E-state index is -0.727. The first-order valence-corrected chi connectivity index (χ1v) is 6.77. The number of aliphatic hydroxyl groups is 1. The van der Waals surface area contributed by atoms with Crippen molar-refractivity contribution in [3.05, 3.63) is 48.4 Å². The number of hydrogen-bond acceptors (Lipinski definition) is 3. The van der Waals surface area contributed by atoms with Crippen LogP contribution in [-0.2, 0) is 0 Å². The van der Waals surface area contributed by atoms with Crippen molar-refractivity contribution in [2.45, 2.75) is 18.9 Å². The molecule has 1 amide bonds. The van der Waals surface area contributed by atoms with Gasteiger partial charge in [-0.1, -0.05) is 37.3 Å². The zero-order chi connectivity index (χ0) is 14.2. The molecule has 1 aliphatic rings. The van der Waals surface area contributed by atoms with Crippen LogP contribution in [0.5, 0.6) is 0 Å². The molecule has 1 aromatic heterocycles. The summed E-state index contributed by atoms with van der Waals surface area (Å²) in [6, 6.07) is 11.5. The van der Waals surface area contributed by atoms with Crippen LogP contribution >= 0.6 is 0 Å². The molecule has 4 heteroatoms. The predicted molar refractivity (Wildman–Crippen MR) is 75.3 cm³/mol. The van der Waals surface area contributed by atoms with Crippen molar-refractivity contribution in [3.8, 4) is 11.1 Å². The molecule has 0 unspecified atom stereocenters. The number of furan rings is 1. The van der Waals surface area contributed by atoms with E-state index in [4.69, 9.17) is 4.42 Å². The Kier molecular flexibility index (Phi) is 3.10. The highest BCUT2D eigenvalue weighted by atomic mass is 16.3. The molecule has 3 rings (SSSR count). The fraction of sp³-hybridized carbons (Fsp3) is 0.312. The lowest BCUT2D eigenvalue weighted by molar-refractivity contribution is -0.0834. The molecule has 20 heavy (non-hydrogen) atoms. The second kappa shape index (κ2) is 4.80. The molecule has 1 fully saturated rings. The van der Waals surface area contributed by atoms with Crippen LogP contribution in [-0.4, -0.2) is 34.6 Å². The third kappa shape index (κ3) is 2.12. The average Bonchev–Trinajstić information content (AvgIpc) is 2.93. The van der Waals surface area contributed by atoms with E-state index in [-0.39, 0.29) is 5.91 Å². The molecule has 1 N–H and O–H groups in total. The molecule has 0 aliphatic carbocycles. The quantitative estimate of drug-likeness (QED) is 0.933. The van der Waals surface area contributed by atoms with Gasteiger partial charge in [-0.15, -0.1) is 0 Å². The molecule has 104 valence electrons. The summed E-state index contributed by atoms with van der Waals surface area (Å²) in [7, 11) is 0. The summed E-state index contributed by atoms with van der Waals surface area (Å²) in [6.45, 7) is 2.67. The molecule has 2 aromatic rings. The highest BCUT2D eigenvalue weighted by Gasteiger charge is 2.43. The fourth-order valence-corrected chi connectivity index (χ4v) is 2.49. The van der Waals surface area contributed by atoms with Gasteiger partial charge in [0.15, 0.2) is 5.76 Å². The summed E-state index contributed by atoms with van der Waals surface area (Å²) in [4.78, 5) is 14.0. The Balaban J connectivity index is 1.83. The van der Waals surface area contributed by atoms with Crippen molar-refractivity contribution in [1.29, 1.82) is 0 Å². The summed E-state index contributed by atoms with van der Waals surface area (Å²) in [6.07, 6.45) is 2.18. The molecule has 1 aromatic carbocycles. The van der Waals surface area contributed by atoms with Crippen molar-refractivity contribution in [3.63, 3.8) is 0 Å². The number of hydrogen-bond donors (Lipinski definition) is 1. The number of carbonyl (C=O) groups is 1. The van der Waals surface area contributed by atoms with Crippen LogP contribution in [0.2, 0.25) is 0 Å². The largest absolute Gasteiger partial charge is 0.459 e. The molecule has 0 atom stereocenters. The number of β-amino-alcohol motifs (C(OH)–C–C–N with tert-alkyl or cyclic N) is 1. The Bertz CT molecular complexity index is 612. The van der Waals surface area contributed by atoms with E-state index in [2.05, 4.69) is 0 Å². The van der Waals surface area contributed by atoms with E-state index in [0.717, 1.165) is 11.1 Å². The van der Waals surface area contributed by atoms with Gasteiger partial charge in [-0.05, 0) is 18.1 Å². The Hall–Kier alpha value is -2.07. The summed E-state index contributed by atoms with van der Waals surface area (Å²) < 4.78 is 5.37. The van der Waals surface area contributed by atoms with Gasteiger partial charge in [-0.2, -0.15) is 0 Å². The smallest absolute Gasteiger partial charge is 0.290 e. The maximum Gasteiger partial charge on any atom is 0.290 e. The molecule has 0 spiro atoms. The van der Waals surface area contributed by atoms with Gasteiger partial charge in [-0.25, -0.2) is 0 Å². The predicted octanol–water partition coefficient (Wildman–Crippen LogP) is 2.54. The highest BCUT2D eigenvalue weighted by Crippen LogP contribution is 2.30. The van der Waals surface area contributed by atoms with Crippen molar-refractivity contribution < 1.29 is 14.3 Å². The lowest BCUT2D eigenvalue weighted by Crippen LogP contribution is -2.63. The zero-order valence-electron chi connectivity index (χ0n) is 11.4. The zero-order valence-corrected chi connectivity index (χ0v) is 11.4. The first kappa shape index (κ1) is 12.9. The summed E-state index contributed by atoms with van der Waals surface area (Å²) in [5.74, 6) is 0.182. The lowest BCUT2D eigenvalue weighted by atomic mass is 9.91. The van der Waals surface area contributed by atoms with Crippen LogP contribution in [0.1, 0.15) is 23.9 Å². The minimum absolute atomic E-state index is 0.160. The van der Waals surface area contributed by atoms with Crippen LogP contribution in [0, 0.1) is 0 Å². The van der Waals surface area contributed by atoms with Crippen LogP contribution in [0.3, 0.4) is 0 Å². The van der Waals surface area contributed by atoms with Crippen molar-refractivity contribution in [2.24, 2.45) is 0 Å². The van der Waals surface area contributed by atoms with Crippen molar-refractivity contribution in [1.82, 2.24) is 4.90 Å². The van der Waals surface area contributed by atoms with Gasteiger partial charge < -0.3 is 14.4 Å². The summed E-state index contributed by atoms with van der Waals surface area (Å²) in [5.41, 5.74) is 1.02. The first-order chi connectivity index (χ1) is 9.63. The van der Waals surface area contributed by atoms with E-state index >= 15 is 0 Å². The molecule has 0 saturated carbocycles. The van der Waals surface area contributed by atoms with Crippen LogP contribution in [0.25, 0.3) is 11.1 Å². The summed E-state index contributed by atoms with van der Waals surface area (Å²) in [5, 5.41) is 10.00. The van der Waals surface area contributed by atoms with Gasteiger partial charge in [0.25, 0.3) is 5.91 Å². The average molecular weight is 271 g/mol. The third-order valence-electron chi connectivity index (χ3n) is 3.86. The Morgan fingerprint density at radius 2 is 2.00 bits per heavy atom. The number of benzene rings is 1. The van der Waals surface area contributed by atoms with Crippen LogP contribution in [0.4, 0.5) is 0 Å². The number of likely N-dealkylation sites (tertiary alicyclic amines) is 1. The standard InChI is InChI=1S/C16H17NO3/c1-2-16(19)10-17(11-16)15(18)14-13(8-9-20-14)12-6-4-3-5-7-12/h3-9,19H,2,10-11H2,1H3. The minimum Gasteiger partial charge on any atom is -0.459 e. The van der Waals surface area contributed by atoms with Crippen LogP contribution < -0.4 is 0 Å². The normalized spacial score (nSPS) is 16.8. The van der Waals surface area contributed by atoms with E-state index in [1.54, 1.807) is 11.0 Å². The summed E-state index contributed by atoms with van der Waals surface area (Å²) >= 11 is 0. The number of carbonyl (C=O) groups excluding carboxylic acids is 1. The molecule has 2 heterocycles. The van der Waals surface area contributed by atoms with E-state index in [0.29, 0.717) is 25.3 Å². The molecule has 1 aliphatic heterocycles. The van der Waals surface area contributed by atoms with E-state index in [1.165, 1.54) is 6.26 Å². The topological polar surface area (TPSA) is 53.7 Å². The van der Waals surface area contributed by atoms with Gasteiger partial charge in [0.1, 0.15) is 0 Å². The fourth-order valence-electron chi connectivity index (χ4n) is 2.49. The number of nitrogens with zero attached hydrogens (tertiary/aromatic N) is 1. The Labute approximate surface area is 117 Å². The molecular weight excluding hydrogens is 254 g/mol. The first-order valence-electron chi connectivity index (χ1n) is 6.77.